The average molecular weight is 558 g/mol. The number of benzene rings is 1. The Balaban J connectivity index is 0.00000272. The van der Waals surface area contributed by atoms with Crippen LogP contribution in [0.2, 0.25) is 0 Å². The number of thiophene rings is 1. The van der Waals surface area contributed by atoms with Crippen molar-refractivity contribution in [3.05, 3.63) is 40.6 Å². The third kappa shape index (κ3) is 7.51. The molecule has 31 heavy (non-hydrogen) atoms. The topological polar surface area (TPSA) is 67.4 Å². The van der Waals surface area contributed by atoms with Crippen LogP contribution in [0.25, 0.3) is 0 Å². The van der Waals surface area contributed by atoms with Gasteiger partial charge in [-0.3, -0.25) is 4.99 Å². The summed E-state index contributed by atoms with van der Waals surface area (Å²) in [5, 5.41) is 8.98. The van der Waals surface area contributed by atoms with Gasteiger partial charge in [-0.15, -0.1) is 35.3 Å². The number of nitrogens with zero attached hydrogens (tertiary/aromatic N) is 2. The summed E-state index contributed by atoms with van der Waals surface area (Å²) in [6.45, 7) is 5.41. The summed E-state index contributed by atoms with van der Waals surface area (Å²) in [5.74, 6) is 2.31. The van der Waals surface area contributed by atoms with Gasteiger partial charge in [0.2, 0.25) is 0 Å². The molecule has 2 aromatic rings. The van der Waals surface area contributed by atoms with Gasteiger partial charge in [0, 0.05) is 42.7 Å². The molecule has 170 valence electrons. The van der Waals surface area contributed by atoms with E-state index >= 15 is 0 Å². The van der Waals surface area contributed by atoms with Gasteiger partial charge < -0.3 is 29.7 Å². The maximum absolute atomic E-state index is 5.86. The molecule has 9 heteroatoms. The van der Waals surface area contributed by atoms with Crippen LogP contribution in [-0.2, 0) is 11.2 Å². The molecule has 1 aromatic carbocycles. The second kappa shape index (κ2) is 12.5. The summed E-state index contributed by atoms with van der Waals surface area (Å²) in [6, 6.07) is 10.2. The van der Waals surface area contributed by atoms with Gasteiger partial charge in [0.1, 0.15) is 0 Å². The van der Waals surface area contributed by atoms with E-state index in [1.54, 1.807) is 11.3 Å². The van der Waals surface area contributed by atoms with Crippen molar-refractivity contribution in [1.29, 1.82) is 0 Å². The highest BCUT2D eigenvalue weighted by atomic mass is 127. The Morgan fingerprint density at radius 2 is 2.06 bits per heavy atom. The molecule has 1 unspecified atom stereocenters. The highest BCUT2D eigenvalue weighted by Gasteiger charge is 2.17. The minimum atomic E-state index is 0. The minimum absolute atomic E-state index is 0. The fourth-order valence-electron chi connectivity index (χ4n) is 3.45. The van der Waals surface area contributed by atoms with E-state index in [1.807, 2.05) is 18.2 Å². The monoisotopic (exact) mass is 558 g/mol. The largest absolute Gasteiger partial charge is 0.490 e. The maximum Gasteiger partial charge on any atom is 0.195 e. The second-order valence-electron chi connectivity index (χ2n) is 7.54. The maximum atomic E-state index is 5.86. The number of halogens is 1. The van der Waals surface area contributed by atoms with Crippen LogP contribution < -0.4 is 20.1 Å². The molecular weight excluding hydrogens is 527 g/mol. The Kier molecular flexibility index (Phi) is 9.69. The molecule has 0 aliphatic carbocycles. The zero-order valence-corrected chi connectivity index (χ0v) is 21.0. The molecule has 2 aliphatic heterocycles. The lowest BCUT2D eigenvalue weighted by Crippen LogP contribution is -2.42. The Morgan fingerprint density at radius 3 is 2.87 bits per heavy atom. The summed E-state index contributed by atoms with van der Waals surface area (Å²) < 4.78 is 17.4. The van der Waals surface area contributed by atoms with Crippen LogP contribution in [0.15, 0.2) is 40.7 Å². The number of nitrogens with one attached hydrogen (secondary N) is 2. The van der Waals surface area contributed by atoms with Crippen LogP contribution in [0, 0.1) is 0 Å². The summed E-state index contributed by atoms with van der Waals surface area (Å²) in [4.78, 5) is 8.44. The van der Waals surface area contributed by atoms with E-state index in [-0.39, 0.29) is 30.1 Å². The Morgan fingerprint density at radius 1 is 1.19 bits per heavy atom. The number of likely N-dealkylation sites (N-methyl/N-ethyl adjacent to an activating group) is 1. The SMILES string of the molecule is CN1CCOC(CN=C(NCCc2cccs2)Nc2ccc3c(c2)OCCCO3)C1.I. The number of guanidine groups is 1. The van der Waals surface area contributed by atoms with Crippen molar-refractivity contribution in [1.82, 2.24) is 10.2 Å². The fraction of sp³-hybridized carbons (Fsp3) is 0.500. The molecule has 1 fully saturated rings. The number of anilines is 1. The van der Waals surface area contributed by atoms with Crippen molar-refractivity contribution in [3.63, 3.8) is 0 Å². The number of hydrogen-bond acceptors (Lipinski definition) is 6. The number of rotatable bonds is 6. The van der Waals surface area contributed by atoms with Crippen LogP contribution >= 0.6 is 35.3 Å². The van der Waals surface area contributed by atoms with Crippen LogP contribution in [0.1, 0.15) is 11.3 Å². The second-order valence-corrected chi connectivity index (χ2v) is 8.57. The van der Waals surface area contributed by atoms with Gasteiger partial charge in [-0.2, -0.15) is 0 Å². The van der Waals surface area contributed by atoms with E-state index in [0.29, 0.717) is 19.8 Å². The van der Waals surface area contributed by atoms with Crippen molar-refractivity contribution in [3.8, 4) is 11.5 Å². The predicted molar refractivity (Wildman–Crippen MR) is 137 cm³/mol. The van der Waals surface area contributed by atoms with Gasteiger partial charge in [0.25, 0.3) is 0 Å². The number of hydrogen-bond donors (Lipinski definition) is 2. The van der Waals surface area contributed by atoms with E-state index in [2.05, 4.69) is 40.1 Å². The number of morpholine rings is 1. The Labute approximate surface area is 205 Å². The number of ether oxygens (including phenoxy) is 3. The highest BCUT2D eigenvalue weighted by Crippen LogP contribution is 2.32. The van der Waals surface area contributed by atoms with Crippen LogP contribution in [-0.4, -0.2) is 70.0 Å². The normalized spacial score (nSPS) is 19.3. The zero-order valence-electron chi connectivity index (χ0n) is 17.8. The Hall–Kier alpha value is -1.56. The Bertz CT molecular complexity index is 834. The standard InChI is InChI=1S/C22H30N4O3S.HI/c1-26-9-12-27-18(16-26)15-24-22(23-8-7-19-4-2-13-30-19)25-17-5-6-20-21(14-17)29-11-3-10-28-20;/h2,4-6,13-14,18H,3,7-12,15-16H2,1H3,(H2,23,24,25);1H. The first-order valence-corrected chi connectivity index (χ1v) is 11.4. The lowest BCUT2D eigenvalue weighted by Gasteiger charge is -2.29. The fourth-order valence-corrected chi connectivity index (χ4v) is 4.16. The first-order valence-electron chi connectivity index (χ1n) is 10.5. The summed E-state index contributed by atoms with van der Waals surface area (Å²) >= 11 is 1.78. The van der Waals surface area contributed by atoms with Gasteiger partial charge in [-0.05, 0) is 37.0 Å². The zero-order chi connectivity index (χ0) is 20.6. The lowest BCUT2D eigenvalue weighted by molar-refractivity contribution is -0.0136. The van der Waals surface area contributed by atoms with Gasteiger partial charge in [0.15, 0.2) is 17.5 Å². The molecule has 7 nitrogen and oxygen atoms in total. The summed E-state index contributed by atoms with van der Waals surface area (Å²) in [7, 11) is 2.12. The van der Waals surface area contributed by atoms with E-state index in [1.165, 1.54) is 4.88 Å². The van der Waals surface area contributed by atoms with Crippen molar-refractivity contribution < 1.29 is 14.2 Å². The van der Waals surface area contributed by atoms with E-state index in [0.717, 1.165) is 62.2 Å². The van der Waals surface area contributed by atoms with Crippen molar-refractivity contribution >= 4 is 47.0 Å². The van der Waals surface area contributed by atoms with Crippen molar-refractivity contribution in [2.24, 2.45) is 4.99 Å². The van der Waals surface area contributed by atoms with Gasteiger partial charge in [-0.25, -0.2) is 0 Å². The minimum Gasteiger partial charge on any atom is -0.490 e. The van der Waals surface area contributed by atoms with Crippen LogP contribution in [0.3, 0.4) is 0 Å². The van der Waals surface area contributed by atoms with Crippen molar-refractivity contribution in [2.75, 3.05) is 58.4 Å². The quantitative estimate of drug-likeness (QED) is 0.322. The number of aliphatic imine (C=N–C) groups is 1. The van der Waals surface area contributed by atoms with Gasteiger partial charge >= 0.3 is 0 Å². The average Bonchev–Trinajstić information content (AvgIpc) is 3.15. The summed E-state index contributed by atoms with van der Waals surface area (Å²) in [5.41, 5.74) is 0.920. The van der Waals surface area contributed by atoms with E-state index < -0.39 is 0 Å². The van der Waals surface area contributed by atoms with Crippen LogP contribution in [0.5, 0.6) is 11.5 Å². The van der Waals surface area contributed by atoms with Crippen molar-refractivity contribution in [2.45, 2.75) is 18.9 Å². The molecule has 0 bridgehead atoms. The summed E-state index contributed by atoms with van der Waals surface area (Å²) in [6.07, 6.45) is 1.97. The van der Waals surface area contributed by atoms with E-state index in [9.17, 15) is 0 Å². The molecule has 2 aliphatic rings. The molecule has 2 N–H and O–H groups in total. The van der Waals surface area contributed by atoms with Crippen LogP contribution in [0.4, 0.5) is 5.69 Å². The molecule has 3 heterocycles. The highest BCUT2D eigenvalue weighted by molar-refractivity contribution is 14.0. The smallest absolute Gasteiger partial charge is 0.195 e. The van der Waals surface area contributed by atoms with Gasteiger partial charge in [0.05, 0.1) is 32.5 Å². The number of fused-ring (bicyclic) bond motifs is 1. The molecule has 0 spiro atoms. The lowest BCUT2D eigenvalue weighted by atomic mass is 10.2. The molecule has 1 saturated heterocycles. The van der Waals surface area contributed by atoms with Gasteiger partial charge in [-0.1, -0.05) is 6.07 Å². The predicted octanol–water partition coefficient (Wildman–Crippen LogP) is 3.46. The molecule has 0 saturated carbocycles. The third-order valence-electron chi connectivity index (χ3n) is 5.05. The molecule has 4 rings (SSSR count). The first-order chi connectivity index (χ1) is 14.8. The molecular formula is C22H31IN4O3S. The molecule has 0 amide bonds. The molecule has 1 aromatic heterocycles. The molecule has 1 atom stereocenters. The van der Waals surface area contributed by atoms with E-state index in [4.69, 9.17) is 19.2 Å². The molecule has 0 radical (unpaired) electrons. The third-order valence-corrected chi connectivity index (χ3v) is 5.99. The first kappa shape index (κ1) is 24.1.